The molecule has 3 heterocycles. The summed E-state index contributed by atoms with van der Waals surface area (Å²) in [5.41, 5.74) is 4.76. The molecule has 2 N–H and O–H groups in total. The van der Waals surface area contributed by atoms with E-state index in [9.17, 15) is 26.7 Å². The van der Waals surface area contributed by atoms with E-state index in [0.29, 0.717) is 6.07 Å². The van der Waals surface area contributed by atoms with Crippen LogP contribution < -0.4 is 5.73 Å². The minimum absolute atomic E-state index is 0.00742. The van der Waals surface area contributed by atoms with Gasteiger partial charge in [0, 0.05) is 42.3 Å². The van der Waals surface area contributed by atoms with Gasteiger partial charge < -0.3 is 5.73 Å². The second-order valence-electron chi connectivity index (χ2n) is 7.60. The van der Waals surface area contributed by atoms with E-state index in [-0.39, 0.29) is 41.1 Å². The summed E-state index contributed by atoms with van der Waals surface area (Å²) < 4.78 is 70.1. The number of nitrogens with zero attached hydrogens (tertiary/aromatic N) is 3. The summed E-state index contributed by atoms with van der Waals surface area (Å²) in [7, 11) is 0. The molecule has 1 aliphatic carbocycles. The zero-order valence-electron chi connectivity index (χ0n) is 16.6. The Kier molecular flexibility index (Phi) is 5.62. The van der Waals surface area contributed by atoms with Gasteiger partial charge in [-0.05, 0) is 37.1 Å². The maximum atomic E-state index is 14.6. The van der Waals surface area contributed by atoms with Crippen LogP contribution >= 0.6 is 0 Å². The Bertz CT molecular complexity index is 1190. The molecule has 166 valence electrons. The fraction of sp³-hybridized carbons (Fsp3) is 0.273. The Labute approximate surface area is 179 Å². The zero-order chi connectivity index (χ0) is 23.0. The van der Waals surface area contributed by atoms with Crippen LogP contribution in [0.1, 0.15) is 47.7 Å². The van der Waals surface area contributed by atoms with Crippen LogP contribution in [0.4, 0.5) is 22.0 Å². The predicted octanol–water partition coefficient (Wildman–Crippen LogP) is 5.01. The molecule has 1 fully saturated rings. The second kappa shape index (κ2) is 8.25. The molecular formula is C22H17F5N4O. The van der Waals surface area contributed by atoms with Crippen LogP contribution in [0.3, 0.4) is 0 Å². The first-order valence-electron chi connectivity index (χ1n) is 9.82. The third-order valence-electron chi connectivity index (χ3n) is 5.53. The van der Waals surface area contributed by atoms with Crippen molar-refractivity contribution in [1.82, 2.24) is 15.0 Å². The maximum absolute atomic E-state index is 14.6. The van der Waals surface area contributed by atoms with Crippen molar-refractivity contribution in [2.45, 2.75) is 37.5 Å². The highest BCUT2D eigenvalue weighted by atomic mass is 19.3. The van der Waals surface area contributed by atoms with E-state index >= 15 is 0 Å². The number of alkyl halides is 2. The van der Waals surface area contributed by atoms with E-state index in [1.165, 1.54) is 24.5 Å². The number of rotatable bonds is 4. The molecule has 0 aromatic carbocycles. The molecule has 32 heavy (non-hydrogen) atoms. The molecule has 0 radical (unpaired) electrons. The molecule has 10 heteroatoms. The summed E-state index contributed by atoms with van der Waals surface area (Å²) in [6.45, 7) is 0. The molecule has 5 nitrogen and oxygen atoms in total. The van der Waals surface area contributed by atoms with E-state index in [2.05, 4.69) is 15.0 Å². The molecule has 0 atom stereocenters. The molecule has 1 saturated carbocycles. The fourth-order valence-electron chi connectivity index (χ4n) is 3.98. The fourth-order valence-corrected chi connectivity index (χ4v) is 3.98. The molecule has 1 aliphatic rings. The smallest absolute Gasteiger partial charge is 0.251 e. The summed E-state index contributed by atoms with van der Waals surface area (Å²) in [4.78, 5) is 23.9. The average Bonchev–Trinajstić information content (AvgIpc) is 2.75. The zero-order valence-corrected chi connectivity index (χ0v) is 16.6. The van der Waals surface area contributed by atoms with Gasteiger partial charge in [0.05, 0.1) is 17.0 Å². The normalized spacial score (nSPS) is 16.2. The highest BCUT2D eigenvalue weighted by molar-refractivity contribution is 6.01. The van der Waals surface area contributed by atoms with Crippen LogP contribution in [0.5, 0.6) is 0 Å². The second-order valence-corrected chi connectivity index (χ2v) is 7.60. The van der Waals surface area contributed by atoms with Crippen molar-refractivity contribution in [2.24, 2.45) is 5.73 Å². The largest absolute Gasteiger partial charge is 0.366 e. The number of nitrogens with two attached hydrogens (primary N) is 1. The molecule has 3 aromatic heterocycles. The third-order valence-corrected chi connectivity index (χ3v) is 5.53. The number of hydrogen-bond acceptors (Lipinski definition) is 4. The standard InChI is InChI=1S/C22H17F5N4O/c23-14-2-1-8-29-18(14)12-5-9-30-17(11-3-6-22(26,27)7-4-11)16(12)19-13(21(28)32)10-15(24)20(25)31-19/h1-2,5,8-11H,3-4,6-7H2,(H2,28,32). The van der Waals surface area contributed by atoms with Crippen molar-refractivity contribution in [3.63, 3.8) is 0 Å². The SMILES string of the molecule is NC(=O)c1cc(F)c(F)nc1-c1c(-c2ncccc2F)ccnc1C1CCC(F)(F)CC1. The van der Waals surface area contributed by atoms with Gasteiger partial charge in [0.1, 0.15) is 11.5 Å². The van der Waals surface area contributed by atoms with Crippen molar-refractivity contribution in [3.05, 3.63) is 65.5 Å². The number of halogens is 5. The minimum Gasteiger partial charge on any atom is -0.366 e. The first-order chi connectivity index (χ1) is 15.2. The van der Waals surface area contributed by atoms with Gasteiger partial charge in [-0.3, -0.25) is 14.8 Å². The lowest BCUT2D eigenvalue weighted by Gasteiger charge is -2.29. The van der Waals surface area contributed by atoms with Gasteiger partial charge in [-0.15, -0.1) is 0 Å². The summed E-state index contributed by atoms with van der Waals surface area (Å²) in [5, 5.41) is 0. The lowest BCUT2D eigenvalue weighted by Crippen LogP contribution is -2.24. The van der Waals surface area contributed by atoms with E-state index in [1.807, 2.05) is 0 Å². The van der Waals surface area contributed by atoms with E-state index in [1.54, 1.807) is 0 Å². The monoisotopic (exact) mass is 448 g/mol. The van der Waals surface area contributed by atoms with Gasteiger partial charge in [-0.2, -0.15) is 4.39 Å². The van der Waals surface area contributed by atoms with Crippen molar-refractivity contribution in [2.75, 3.05) is 0 Å². The Hall–Kier alpha value is -3.43. The van der Waals surface area contributed by atoms with Crippen LogP contribution in [0.15, 0.2) is 36.7 Å². The Morgan fingerprint density at radius 1 is 1.00 bits per heavy atom. The summed E-state index contributed by atoms with van der Waals surface area (Å²) >= 11 is 0. The topological polar surface area (TPSA) is 81.8 Å². The van der Waals surface area contributed by atoms with Gasteiger partial charge in [-0.1, -0.05) is 0 Å². The first-order valence-corrected chi connectivity index (χ1v) is 9.82. The number of amides is 1. The molecule has 4 rings (SSSR count). The van der Waals surface area contributed by atoms with Crippen LogP contribution in [-0.2, 0) is 0 Å². The summed E-state index contributed by atoms with van der Waals surface area (Å²) in [6.07, 6.45) is 1.99. The lowest BCUT2D eigenvalue weighted by molar-refractivity contribution is -0.0384. The third kappa shape index (κ3) is 4.04. The van der Waals surface area contributed by atoms with Crippen LogP contribution in [0.25, 0.3) is 22.5 Å². The van der Waals surface area contributed by atoms with Crippen molar-refractivity contribution < 1.29 is 26.7 Å². The number of carbonyl (C=O) groups is 1. The quantitative estimate of drug-likeness (QED) is 0.449. The molecule has 0 unspecified atom stereocenters. The highest BCUT2D eigenvalue weighted by Gasteiger charge is 2.37. The van der Waals surface area contributed by atoms with E-state index in [4.69, 9.17) is 5.73 Å². The molecule has 0 saturated heterocycles. The highest BCUT2D eigenvalue weighted by Crippen LogP contribution is 2.45. The van der Waals surface area contributed by atoms with Gasteiger partial charge >= 0.3 is 0 Å². The van der Waals surface area contributed by atoms with E-state index in [0.717, 1.165) is 6.07 Å². The molecule has 3 aromatic rings. The van der Waals surface area contributed by atoms with Crippen molar-refractivity contribution in [3.8, 4) is 22.5 Å². The first kappa shape index (κ1) is 21.8. The predicted molar refractivity (Wildman–Crippen MR) is 105 cm³/mol. The minimum atomic E-state index is -2.82. The molecular weight excluding hydrogens is 431 g/mol. The van der Waals surface area contributed by atoms with Crippen molar-refractivity contribution >= 4 is 5.91 Å². The number of hydrogen-bond donors (Lipinski definition) is 1. The number of pyridine rings is 3. The van der Waals surface area contributed by atoms with Crippen LogP contribution in [-0.4, -0.2) is 26.8 Å². The van der Waals surface area contributed by atoms with Gasteiger partial charge in [0.25, 0.3) is 5.91 Å². The van der Waals surface area contributed by atoms with Gasteiger partial charge in [0.2, 0.25) is 11.9 Å². The Balaban J connectivity index is 2.01. The van der Waals surface area contributed by atoms with Gasteiger partial charge in [0.15, 0.2) is 5.82 Å². The molecule has 1 amide bonds. The van der Waals surface area contributed by atoms with Gasteiger partial charge in [-0.25, -0.2) is 22.5 Å². The number of aromatic nitrogens is 3. The van der Waals surface area contributed by atoms with Crippen LogP contribution in [0.2, 0.25) is 0 Å². The Morgan fingerprint density at radius 3 is 2.38 bits per heavy atom. The van der Waals surface area contributed by atoms with Crippen LogP contribution in [0, 0.1) is 17.6 Å². The molecule has 0 spiro atoms. The molecule has 0 bridgehead atoms. The Morgan fingerprint density at radius 2 is 1.72 bits per heavy atom. The summed E-state index contributed by atoms with van der Waals surface area (Å²) in [6, 6.07) is 4.51. The number of carbonyl (C=O) groups excluding carboxylic acids is 1. The number of primary amides is 1. The lowest BCUT2D eigenvalue weighted by atomic mass is 9.81. The average molecular weight is 448 g/mol. The van der Waals surface area contributed by atoms with E-state index < -0.39 is 53.7 Å². The van der Waals surface area contributed by atoms with Crippen molar-refractivity contribution in [1.29, 1.82) is 0 Å². The molecule has 0 aliphatic heterocycles. The maximum Gasteiger partial charge on any atom is 0.251 e. The summed E-state index contributed by atoms with van der Waals surface area (Å²) in [5.74, 6) is -8.03.